The summed E-state index contributed by atoms with van der Waals surface area (Å²) in [6.45, 7) is 1.72. The Morgan fingerprint density at radius 1 is 1.26 bits per heavy atom. The summed E-state index contributed by atoms with van der Waals surface area (Å²) in [4.78, 5) is 16.2. The third kappa shape index (κ3) is 6.35. The first-order valence-corrected chi connectivity index (χ1v) is 10.2. The number of amides is 1. The summed E-state index contributed by atoms with van der Waals surface area (Å²) in [7, 11) is -3.59. The molecule has 1 heterocycles. The lowest BCUT2D eigenvalue weighted by Gasteiger charge is -2.27. The Morgan fingerprint density at radius 2 is 1.93 bits per heavy atom. The molecular formula is C17H23N3O6S. The van der Waals surface area contributed by atoms with Gasteiger partial charge in [0.2, 0.25) is 10.0 Å². The highest BCUT2D eigenvalue weighted by atomic mass is 32.2. The van der Waals surface area contributed by atoms with E-state index >= 15 is 0 Å². The lowest BCUT2D eigenvalue weighted by molar-refractivity contribution is -0.00471. The van der Waals surface area contributed by atoms with E-state index in [2.05, 4.69) is 10.3 Å². The van der Waals surface area contributed by atoms with E-state index in [1.54, 1.807) is 6.92 Å². The van der Waals surface area contributed by atoms with E-state index < -0.39 is 34.2 Å². The Hall–Kier alpha value is -2.43. The number of anilines is 1. The van der Waals surface area contributed by atoms with Gasteiger partial charge in [0.05, 0.1) is 18.4 Å². The first kappa shape index (κ1) is 20.9. The molecule has 3 unspecified atom stereocenters. The van der Waals surface area contributed by atoms with Gasteiger partial charge >= 0.3 is 6.01 Å². The van der Waals surface area contributed by atoms with Gasteiger partial charge in [-0.05, 0) is 18.4 Å². The summed E-state index contributed by atoms with van der Waals surface area (Å²) in [5.74, 6) is -0.663. The van der Waals surface area contributed by atoms with Crippen molar-refractivity contribution in [3.05, 3.63) is 47.9 Å². The zero-order valence-electron chi connectivity index (χ0n) is 15.0. The number of nitrogens with zero attached hydrogens (tertiary/aromatic N) is 1. The van der Waals surface area contributed by atoms with Gasteiger partial charge in [0.1, 0.15) is 12.4 Å². The Bertz CT molecular complexity index is 853. The number of carbonyl (C=O) groups excluding carboxylic acids is 1. The van der Waals surface area contributed by atoms with Crippen LogP contribution in [-0.4, -0.2) is 54.0 Å². The molecule has 1 aromatic carbocycles. The molecule has 0 aliphatic carbocycles. The van der Waals surface area contributed by atoms with Crippen LogP contribution in [0.3, 0.4) is 0 Å². The van der Waals surface area contributed by atoms with Crippen molar-refractivity contribution < 1.29 is 27.8 Å². The number of aromatic nitrogens is 1. The highest BCUT2D eigenvalue weighted by Gasteiger charge is 2.28. The van der Waals surface area contributed by atoms with Gasteiger partial charge < -0.3 is 19.9 Å². The van der Waals surface area contributed by atoms with Crippen LogP contribution < -0.4 is 10.0 Å². The molecule has 27 heavy (non-hydrogen) atoms. The fourth-order valence-electron chi connectivity index (χ4n) is 2.46. The minimum Gasteiger partial charge on any atom is -0.431 e. The number of rotatable bonds is 9. The maximum Gasteiger partial charge on any atom is 0.309 e. The summed E-state index contributed by atoms with van der Waals surface area (Å²) in [5, 5.41) is 23.0. The van der Waals surface area contributed by atoms with Gasteiger partial charge in [-0.3, -0.25) is 4.79 Å². The van der Waals surface area contributed by atoms with Crippen LogP contribution in [0.25, 0.3) is 0 Å². The lowest BCUT2D eigenvalue weighted by Crippen LogP contribution is -2.49. The molecule has 2 aromatic rings. The average molecular weight is 397 g/mol. The van der Waals surface area contributed by atoms with Gasteiger partial charge in [0.25, 0.3) is 5.91 Å². The van der Waals surface area contributed by atoms with Crippen molar-refractivity contribution in [2.45, 2.75) is 38.0 Å². The number of aliphatic hydroxyl groups excluding tert-OH is 2. The normalized spacial score (nSPS) is 15.0. The molecule has 0 saturated carbocycles. The molecule has 1 aromatic heterocycles. The van der Waals surface area contributed by atoms with E-state index in [-0.39, 0.29) is 18.1 Å². The second kappa shape index (κ2) is 8.98. The number of oxazole rings is 1. The first-order valence-electron chi connectivity index (χ1n) is 8.34. The Morgan fingerprint density at radius 3 is 2.52 bits per heavy atom. The predicted molar refractivity (Wildman–Crippen MR) is 98.7 cm³/mol. The largest absolute Gasteiger partial charge is 0.431 e. The molecule has 10 heteroatoms. The summed E-state index contributed by atoms with van der Waals surface area (Å²) < 4.78 is 29.3. The molecule has 0 radical (unpaired) electrons. The van der Waals surface area contributed by atoms with Gasteiger partial charge in [-0.2, -0.15) is 4.98 Å². The summed E-state index contributed by atoms with van der Waals surface area (Å²) >= 11 is 0. The molecule has 0 fully saturated rings. The lowest BCUT2D eigenvalue weighted by atomic mass is 9.96. The van der Waals surface area contributed by atoms with E-state index in [0.717, 1.165) is 18.1 Å². The van der Waals surface area contributed by atoms with Crippen LogP contribution in [0.2, 0.25) is 0 Å². The standard InChI is InChI=1S/C17H23N3O6S/c1-3-14(21)15(22)12(9-11-7-5-4-6-8-11)18-16(23)13-10-26-17(19-13)20-27(2,24)25/h4-8,10,12,14-15,21-22H,3,9H2,1-2H3,(H,18,23)(H,19,20). The van der Waals surface area contributed by atoms with E-state index in [0.29, 0.717) is 6.42 Å². The van der Waals surface area contributed by atoms with Crippen LogP contribution >= 0.6 is 0 Å². The SMILES string of the molecule is CCC(O)C(O)C(Cc1ccccc1)NC(=O)c1coc(NS(C)(=O)=O)n1. The molecule has 0 aliphatic heterocycles. The third-order valence-electron chi connectivity index (χ3n) is 3.85. The van der Waals surface area contributed by atoms with E-state index in [9.17, 15) is 23.4 Å². The van der Waals surface area contributed by atoms with Crippen molar-refractivity contribution in [1.82, 2.24) is 10.3 Å². The Balaban J connectivity index is 2.15. The van der Waals surface area contributed by atoms with Gasteiger partial charge in [0.15, 0.2) is 5.69 Å². The number of hydrogen-bond acceptors (Lipinski definition) is 7. The Kier molecular flexibility index (Phi) is 6.94. The molecule has 0 saturated heterocycles. The highest BCUT2D eigenvalue weighted by molar-refractivity contribution is 7.91. The molecule has 2 rings (SSSR count). The van der Waals surface area contributed by atoms with E-state index in [4.69, 9.17) is 4.42 Å². The molecular weight excluding hydrogens is 374 g/mol. The van der Waals surface area contributed by atoms with Crippen molar-refractivity contribution in [2.24, 2.45) is 0 Å². The van der Waals surface area contributed by atoms with Crippen LogP contribution in [0.5, 0.6) is 0 Å². The minimum absolute atomic E-state index is 0.155. The van der Waals surface area contributed by atoms with E-state index in [1.165, 1.54) is 0 Å². The summed E-state index contributed by atoms with van der Waals surface area (Å²) in [6.07, 6.45) is 0.324. The number of benzene rings is 1. The number of sulfonamides is 1. The fourth-order valence-corrected chi connectivity index (χ4v) is 2.87. The van der Waals surface area contributed by atoms with Crippen LogP contribution in [0, 0.1) is 0 Å². The monoisotopic (exact) mass is 397 g/mol. The number of carbonyl (C=O) groups is 1. The van der Waals surface area contributed by atoms with Gasteiger partial charge in [0, 0.05) is 0 Å². The Labute approximate surface area is 157 Å². The predicted octanol–water partition coefficient (Wildman–Crippen LogP) is 0.519. The van der Waals surface area contributed by atoms with Crippen LogP contribution in [0.1, 0.15) is 29.4 Å². The number of hydrogen-bond donors (Lipinski definition) is 4. The maximum atomic E-state index is 12.4. The molecule has 0 bridgehead atoms. The van der Waals surface area contributed by atoms with Gasteiger partial charge in [-0.25, -0.2) is 13.1 Å². The number of nitrogens with one attached hydrogen (secondary N) is 2. The van der Waals surface area contributed by atoms with E-state index in [1.807, 2.05) is 35.1 Å². The quantitative estimate of drug-likeness (QED) is 0.483. The van der Waals surface area contributed by atoms with Crippen molar-refractivity contribution in [2.75, 3.05) is 11.0 Å². The summed E-state index contributed by atoms with van der Waals surface area (Å²) in [5.41, 5.74) is 0.710. The third-order valence-corrected chi connectivity index (χ3v) is 4.39. The fraction of sp³-hybridized carbons (Fsp3) is 0.412. The maximum absolute atomic E-state index is 12.4. The molecule has 3 atom stereocenters. The molecule has 1 amide bonds. The molecule has 0 spiro atoms. The van der Waals surface area contributed by atoms with Crippen LogP contribution in [0.4, 0.5) is 6.01 Å². The highest BCUT2D eigenvalue weighted by Crippen LogP contribution is 2.13. The summed E-state index contributed by atoms with van der Waals surface area (Å²) in [6, 6.07) is 8.08. The van der Waals surface area contributed by atoms with Crippen molar-refractivity contribution >= 4 is 21.9 Å². The van der Waals surface area contributed by atoms with Gasteiger partial charge in [-0.1, -0.05) is 37.3 Å². The number of aliphatic hydroxyl groups is 2. The second-order valence-electron chi connectivity index (χ2n) is 6.15. The molecule has 0 aliphatic rings. The van der Waals surface area contributed by atoms with Crippen molar-refractivity contribution in [1.29, 1.82) is 0 Å². The van der Waals surface area contributed by atoms with Crippen molar-refractivity contribution in [3.63, 3.8) is 0 Å². The zero-order chi connectivity index (χ0) is 20.0. The first-order chi connectivity index (χ1) is 12.7. The average Bonchev–Trinajstić information content (AvgIpc) is 3.07. The second-order valence-corrected chi connectivity index (χ2v) is 7.90. The molecule has 9 nitrogen and oxygen atoms in total. The topological polar surface area (TPSA) is 142 Å². The molecule has 4 N–H and O–H groups in total. The van der Waals surface area contributed by atoms with Gasteiger partial charge in [-0.15, -0.1) is 0 Å². The van der Waals surface area contributed by atoms with Crippen LogP contribution in [0.15, 0.2) is 41.0 Å². The zero-order valence-corrected chi connectivity index (χ0v) is 15.8. The van der Waals surface area contributed by atoms with Crippen LogP contribution in [-0.2, 0) is 16.4 Å². The van der Waals surface area contributed by atoms with Crippen molar-refractivity contribution in [3.8, 4) is 0 Å². The smallest absolute Gasteiger partial charge is 0.309 e. The minimum atomic E-state index is -3.59. The molecule has 148 valence electrons.